The zero-order chi connectivity index (χ0) is 25.3. The van der Waals surface area contributed by atoms with Gasteiger partial charge < -0.3 is 14.2 Å². The van der Waals surface area contributed by atoms with Crippen molar-refractivity contribution in [1.82, 2.24) is 0 Å². The molecule has 34 heavy (non-hydrogen) atoms. The molecule has 198 valence electrons. The zero-order valence-corrected chi connectivity index (χ0v) is 20.9. The summed E-state index contributed by atoms with van der Waals surface area (Å²) in [7, 11) is 0. The topological polar surface area (TPSA) is 27.7 Å². The van der Waals surface area contributed by atoms with Crippen LogP contribution in [0.1, 0.15) is 103 Å². The summed E-state index contributed by atoms with van der Waals surface area (Å²) in [6.07, 6.45) is 11.1. The molecule has 0 aliphatic heterocycles. The van der Waals surface area contributed by atoms with Crippen LogP contribution in [0, 0.1) is 29.1 Å². The fourth-order valence-corrected chi connectivity index (χ4v) is 3.89. The highest BCUT2D eigenvalue weighted by Gasteiger charge is 2.25. The predicted octanol–water partition coefficient (Wildman–Crippen LogP) is 8.37. The van der Waals surface area contributed by atoms with E-state index in [1.807, 2.05) is 13.8 Å². The third-order valence-electron chi connectivity index (χ3n) is 5.79. The summed E-state index contributed by atoms with van der Waals surface area (Å²) in [6, 6.07) is 0. The number of hydrogen-bond acceptors (Lipinski definition) is 3. The van der Waals surface area contributed by atoms with Gasteiger partial charge in [-0.05, 0) is 39.5 Å². The summed E-state index contributed by atoms with van der Waals surface area (Å²) in [5.41, 5.74) is -0.750. The molecule has 0 amide bonds. The van der Waals surface area contributed by atoms with E-state index < -0.39 is 41.1 Å². The lowest BCUT2D eigenvalue weighted by atomic mass is 10.0. The maximum atomic E-state index is 13.8. The Hall–Kier alpha value is -1.25. The standard InChI is InChI=1S/C26H41F5O3/c1-4-7-8-9-10-11-13-16-19(34-26(32-5-2)33-6-3)17-14-12-15-18-20-21(27)23(29)25(31)24(30)22(20)28/h19,26H,4-18H2,1-3H3. The summed E-state index contributed by atoms with van der Waals surface area (Å²) in [5.74, 6) is -9.40. The molecule has 8 heteroatoms. The quantitative estimate of drug-likeness (QED) is 0.0597. The first kappa shape index (κ1) is 30.8. The van der Waals surface area contributed by atoms with Gasteiger partial charge in [0, 0.05) is 18.8 Å². The number of halogens is 5. The SMILES string of the molecule is CCCCCCCCCC(CCCCCc1c(F)c(F)c(F)c(F)c1F)OC(OCC)OCC. The maximum Gasteiger partial charge on any atom is 0.271 e. The van der Waals surface area contributed by atoms with E-state index in [4.69, 9.17) is 14.2 Å². The van der Waals surface area contributed by atoms with Crippen molar-refractivity contribution in [3.05, 3.63) is 34.6 Å². The number of ether oxygens (including phenoxy) is 3. The molecule has 3 nitrogen and oxygen atoms in total. The Morgan fingerprint density at radius 2 is 1.00 bits per heavy atom. The van der Waals surface area contributed by atoms with E-state index in [1.54, 1.807) is 0 Å². The molecule has 1 aromatic carbocycles. The Labute approximate surface area is 201 Å². The molecule has 0 heterocycles. The van der Waals surface area contributed by atoms with Gasteiger partial charge >= 0.3 is 0 Å². The Bertz CT molecular complexity index is 652. The largest absolute Gasteiger partial charge is 0.330 e. The van der Waals surface area contributed by atoms with Crippen LogP contribution in [-0.4, -0.2) is 25.8 Å². The fraction of sp³-hybridized carbons (Fsp3) is 0.769. The minimum atomic E-state index is -2.12. The van der Waals surface area contributed by atoms with Crippen LogP contribution in [0.3, 0.4) is 0 Å². The maximum absolute atomic E-state index is 13.8. The average molecular weight is 497 g/mol. The number of rotatable bonds is 20. The Morgan fingerprint density at radius 3 is 1.50 bits per heavy atom. The molecule has 1 aromatic rings. The van der Waals surface area contributed by atoms with Crippen molar-refractivity contribution in [2.75, 3.05) is 13.2 Å². The van der Waals surface area contributed by atoms with Gasteiger partial charge in [-0.2, -0.15) is 0 Å². The van der Waals surface area contributed by atoms with Gasteiger partial charge in [-0.3, -0.25) is 0 Å². The van der Waals surface area contributed by atoms with Crippen molar-refractivity contribution in [2.24, 2.45) is 0 Å². The summed E-state index contributed by atoms with van der Waals surface area (Å²) in [4.78, 5) is 0. The molecule has 0 aliphatic carbocycles. The Balaban J connectivity index is 2.53. The predicted molar refractivity (Wildman–Crippen MR) is 123 cm³/mol. The van der Waals surface area contributed by atoms with Gasteiger partial charge in [0.05, 0.1) is 6.10 Å². The summed E-state index contributed by atoms with van der Waals surface area (Å²) < 4.78 is 84.6. The number of benzene rings is 1. The molecule has 1 atom stereocenters. The number of unbranched alkanes of at least 4 members (excludes halogenated alkanes) is 8. The first-order valence-corrected chi connectivity index (χ1v) is 12.8. The second-order valence-electron chi connectivity index (χ2n) is 8.52. The third kappa shape index (κ3) is 11.0. The summed E-state index contributed by atoms with van der Waals surface area (Å²) in [5, 5.41) is 0. The van der Waals surface area contributed by atoms with Crippen LogP contribution in [0.25, 0.3) is 0 Å². The van der Waals surface area contributed by atoms with Crippen LogP contribution in [0.15, 0.2) is 0 Å². The highest BCUT2D eigenvalue weighted by molar-refractivity contribution is 5.24. The first-order valence-electron chi connectivity index (χ1n) is 12.8. The lowest BCUT2D eigenvalue weighted by Crippen LogP contribution is -2.27. The van der Waals surface area contributed by atoms with E-state index >= 15 is 0 Å². The molecule has 0 saturated carbocycles. The molecule has 0 bridgehead atoms. The summed E-state index contributed by atoms with van der Waals surface area (Å²) >= 11 is 0. The van der Waals surface area contributed by atoms with Crippen LogP contribution in [0.5, 0.6) is 0 Å². The molecular formula is C26H41F5O3. The molecule has 0 aromatic heterocycles. The highest BCUT2D eigenvalue weighted by atomic mass is 19.2. The van der Waals surface area contributed by atoms with Crippen LogP contribution in [0.2, 0.25) is 0 Å². The Kier molecular flexibility index (Phi) is 16.4. The smallest absolute Gasteiger partial charge is 0.271 e. The highest BCUT2D eigenvalue weighted by Crippen LogP contribution is 2.25. The van der Waals surface area contributed by atoms with E-state index in [1.165, 1.54) is 32.1 Å². The third-order valence-corrected chi connectivity index (χ3v) is 5.79. The van der Waals surface area contributed by atoms with Gasteiger partial charge in [-0.1, -0.05) is 64.7 Å². The average Bonchev–Trinajstić information content (AvgIpc) is 2.82. The zero-order valence-electron chi connectivity index (χ0n) is 20.9. The second-order valence-corrected chi connectivity index (χ2v) is 8.52. The van der Waals surface area contributed by atoms with Gasteiger partial charge in [0.1, 0.15) is 0 Å². The van der Waals surface area contributed by atoms with Gasteiger partial charge in [0.2, 0.25) is 5.82 Å². The lowest BCUT2D eigenvalue weighted by Gasteiger charge is -2.24. The monoisotopic (exact) mass is 496 g/mol. The van der Waals surface area contributed by atoms with Crippen molar-refractivity contribution in [2.45, 2.75) is 117 Å². The van der Waals surface area contributed by atoms with E-state index in [0.29, 0.717) is 38.9 Å². The van der Waals surface area contributed by atoms with Crippen LogP contribution >= 0.6 is 0 Å². The molecule has 1 unspecified atom stereocenters. The summed E-state index contributed by atoms with van der Waals surface area (Å²) in [6.45, 7) is 6.09. The first-order chi connectivity index (χ1) is 16.4. The lowest BCUT2D eigenvalue weighted by molar-refractivity contribution is -0.302. The Morgan fingerprint density at radius 1 is 0.559 bits per heavy atom. The van der Waals surface area contributed by atoms with Crippen LogP contribution in [-0.2, 0) is 20.6 Å². The minimum Gasteiger partial charge on any atom is -0.330 e. The van der Waals surface area contributed by atoms with E-state index in [-0.39, 0.29) is 12.5 Å². The normalized spacial score (nSPS) is 12.6. The molecule has 0 radical (unpaired) electrons. The molecule has 0 saturated heterocycles. The molecule has 0 aliphatic rings. The molecule has 0 fully saturated rings. The van der Waals surface area contributed by atoms with E-state index in [9.17, 15) is 22.0 Å². The van der Waals surface area contributed by atoms with Crippen molar-refractivity contribution in [3.63, 3.8) is 0 Å². The van der Waals surface area contributed by atoms with Gasteiger partial charge in [-0.25, -0.2) is 22.0 Å². The van der Waals surface area contributed by atoms with Gasteiger partial charge in [0.25, 0.3) is 6.48 Å². The van der Waals surface area contributed by atoms with Crippen LogP contribution in [0.4, 0.5) is 22.0 Å². The molecular weight excluding hydrogens is 455 g/mol. The van der Waals surface area contributed by atoms with Crippen LogP contribution < -0.4 is 0 Å². The number of hydrogen-bond donors (Lipinski definition) is 0. The van der Waals surface area contributed by atoms with Crippen molar-refractivity contribution >= 4 is 0 Å². The van der Waals surface area contributed by atoms with Crippen molar-refractivity contribution < 1.29 is 36.2 Å². The van der Waals surface area contributed by atoms with E-state index in [0.717, 1.165) is 19.3 Å². The van der Waals surface area contributed by atoms with Gasteiger partial charge in [-0.15, -0.1) is 0 Å². The van der Waals surface area contributed by atoms with Crippen molar-refractivity contribution in [1.29, 1.82) is 0 Å². The fourth-order valence-electron chi connectivity index (χ4n) is 3.89. The van der Waals surface area contributed by atoms with Crippen molar-refractivity contribution in [3.8, 4) is 0 Å². The second kappa shape index (κ2) is 18.1. The molecule has 0 spiro atoms. The molecule has 1 rings (SSSR count). The molecule has 0 N–H and O–H groups in total. The van der Waals surface area contributed by atoms with Gasteiger partial charge in [0.15, 0.2) is 23.3 Å². The minimum absolute atomic E-state index is 0.0899. The van der Waals surface area contributed by atoms with E-state index in [2.05, 4.69) is 6.92 Å².